The highest BCUT2D eigenvalue weighted by Crippen LogP contribution is 2.36. The van der Waals surface area contributed by atoms with Crippen LogP contribution in [0, 0.1) is 0 Å². The number of nitrogens with one attached hydrogen (secondary N) is 2. The maximum Gasteiger partial charge on any atom is 0.252 e. The predicted octanol–water partition coefficient (Wildman–Crippen LogP) is 1.14. The van der Waals surface area contributed by atoms with Crippen molar-refractivity contribution in [3.63, 3.8) is 0 Å². The Kier molecular flexibility index (Phi) is 5.32. The molecule has 0 spiro atoms. The highest BCUT2D eigenvalue weighted by atomic mass is 16.2. The molecule has 0 aromatic heterocycles. The van der Waals surface area contributed by atoms with Crippen molar-refractivity contribution >= 4 is 23.7 Å². The van der Waals surface area contributed by atoms with Gasteiger partial charge in [0.2, 0.25) is 0 Å². The molecule has 154 valence electrons. The van der Waals surface area contributed by atoms with Gasteiger partial charge in [0.05, 0.1) is 22.5 Å². The van der Waals surface area contributed by atoms with E-state index in [9.17, 15) is 14.4 Å². The van der Waals surface area contributed by atoms with Gasteiger partial charge in [-0.25, -0.2) is 0 Å². The number of hydrogen-bond donors (Lipinski definition) is 2. The molecule has 0 saturated carbocycles. The number of carbonyl (C=O) groups excluding carboxylic acids is 3. The lowest BCUT2D eigenvalue weighted by Crippen LogP contribution is -2.21. The largest absolute Gasteiger partial charge is 0.322 e. The molecule has 0 aromatic carbocycles. The molecule has 0 saturated heterocycles. The van der Waals surface area contributed by atoms with Crippen molar-refractivity contribution in [1.29, 1.82) is 0 Å². The van der Waals surface area contributed by atoms with Crippen molar-refractivity contribution < 1.29 is 14.4 Å². The van der Waals surface area contributed by atoms with Crippen LogP contribution in [0.4, 0.5) is 0 Å². The van der Waals surface area contributed by atoms with E-state index in [4.69, 9.17) is 0 Å². The first kappa shape index (κ1) is 20.1. The van der Waals surface area contributed by atoms with Gasteiger partial charge < -0.3 is 15.5 Å². The first-order chi connectivity index (χ1) is 14.4. The molecule has 7 nitrogen and oxygen atoms in total. The van der Waals surface area contributed by atoms with Crippen LogP contribution >= 0.6 is 0 Å². The molecule has 2 aliphatic carbocycles. The van der Waals surface area contributed by atoms with E-state index < -0.39 is 0 Å². The standard InChI is InChI=1S/C23H24N4O3/c1-24-8-6-13-12-25-17-5-4-15(22(29)20(13)17)14-10-18-21(19(28)11-14)16(23(30)26-18)7-9-27(2)3/h4-5,10-12,24H,6-9H2,1-3H3,(H,26,30). The van der Waals surface area contributed by atoms with Crippen LogP contribution in [0.5, 0.6) is 0 Å². The highest BCUT2D eigenvalue weighted by molar-refractivity contribution is 6.23. The fourth-order valence-electron chi connectivity index (χ4n) is 3.94. The lowest BCUT2D eigenvalue weighted by Gasteiger charge is -2.18. The van der Waals surface area contributed by atoms with Crippen LogP contribution in [-0.4, -0.2) is 62.8 Å². The highest BCUT2D eigenvalue weighted by Gasteiger charge is 2.35. The van der Waals surface area contributed by atoms with Crippen molar-refractivity contribution in [3.05, 3.63) is 69.1 Å². The van der Waals surface area contributed by atoms with E-state index in [0.717, 1.165) is 12.1 Å². The second kappa shape index (κ2) is 7.93. The Hall–Kier alpha value is -3.16. The van der Waals surface area contributed by atoms with Crippen molar-refractivity contribution in [1.82, 2.24) is 15.5 Å². The SMILES string of the molecule is CNCCC1=C2C(=O)C(C3=CC(=O)C4=C(CCN(C)C)C(=O)NC4=C3)=CC=C2N=C1. The van der Waals surface area contributed by atoms with Crippen molar-refractivity contribution in [2.24, 2.45) is 4.99 Å². The monoisotopic (exact) mass is 404 g/mol. The Bertz CT molecular complexity index is 1080. The van der Waals surface area contributed by atoms with Crippen molar-refractivity contribution in [2.75, 3.05) is 34.2 Å². The third-order valence-electron chi connectivity index (χ3n) is 5.51. The summed E-state index contributed by atoms with van der Waals surface area (Å²) in [6.45, 7) is 1.41. The number of hydrogen-bond acceptors (Lipinski definition) is 6. The molecule has 1 amide bonds. The Morgan fingerprint density at radius 3 is 2.60 bits per heavy atom. The fraction of sp³-hybridized carbons (Fsp3) is 0.304. The summed E-state index contributed by atoms with van der Waals surface area (Å²) in [7, 11) is 5.70. The zero-order chi connectivity index (χ0) is 21.4. The van der Waals surface area contributed by atoms with Gasteiger partial charge >= 0.3 is 0 Å². The number of ketones is 2. The number of Topliss-reactive ketones (excluding diaryl/α,β-unsaturated/α-hetero) is 1. The maximum atomic E-state index is 13.2. The first-order valence-corrected chi connectivity index (χ1v) is 9.97. The number of amides is 1. The minimum Gasteiger partial charge on any atom is -0.322 e. The van der Waals surface area contributed by atoms with Crippen LogP contribution in [0.2, 0.25) is 0 Å². The van der Waals surface area contributed by atoms with Gasteiger partial charge in [0.15, 0.2) is 11.6 Å². The zero-order valence-electron chi connectivity index (χ0n) is 17.3. The summed E-state index contributed by atoms with van der Waals surface area (Å²) >= 11 is 0. The lowest BCUT2D eigenvalue weighted by molar-refractivity contribution is -0.116. The molecule has 2 N–H and O–H groups in total. The average Bonchev–Trinajstić information content (AvgIpc) is 3.25. The van der Waals surface area contributed by atoms with Gasteiger partial charge in [0.1, 0.15) is 0 Å². The summed E-state index contributed by atoms with van der Waals surface area (Å²) in [4.78, 5) is 44.8. The number of aliphatic imine (C=N–C) groups is 1. The molecule has 0 aromatic rings. The second-order valence-electron chi connectivity index (χ2n) is 7.86. The molecule has 0 radical (unpaired) electrons. The molecule has 4 aliphatic rings. The van der Waals surface area contributed by atoms with E-state index in [1.165, 1.54) is 6.08 Å². The predicted molar refractivity (Wildman–Crippen MR) is 115 cm³/mol. The van der Waals surface area contributed by atoms with Crippen molar-refractivity contribution in [3.8, 4) is 0 Å². The van der Waals surface area contributed by atoms with Gasteiger partial charge in [-0.15, -0.1) is 0 Å². The van der Waals surface area contributed by atoms with E-state index >= 15 is 0 Å². The minimum atomic E-state index is -0.245. The normalized spacial score (nSPS) is 20.3. The lowest BCUT2D eigenvalue weighted by atomic mass is 9.84. The van der Waals surface area contributed by atoms with Crippen LogP contribution < -0.4 is 10.6 Å². The molecule has 0 unspecified atom stereocenters. The Morgan fingerprint density at radius 1 is 1.07 bits per heavy atom. The maximum absolute atomic E-state index is 13.2. The minimum absolute atomic E-state index is 0.142. The van der Waals surface area contributed by atoms with Crippen LogP contribution in [0.1, 0.15) is 12.8 Å². The summed E-state index contributed by atoms with van der Waals surface area (Å²) in [5, 5.41) is 5.88. The van der Waals surface area contributed by atoms with Crippen molar-refractivity contribution in [2.45, 2.75) is 12.8 Å². The molecule has 7 heteroatoms. The quantitative estimate of drug-likeness (QED) is 0.664. The van der Waals surface area contributed by atoms with Gasteiger partial charge in [0, 0.05) is 23.9 Å². The van der Waals surface area contributed by atoms with Gasteiger partial charge in [-0.1, -0.05) is 0 Å². The molecule has 0 fully saturated rings. The Labute approximate surface area is 175 Å². The van der Waals surface area contributed by atoms with Gasteiger partial charge in [0.25, 0.3) is 5.91 Å². The van der Waals surface area contributed by atoms with Crippen LogP contribution in [-0.2, 0) is 14.4 Å². The topological polar surface area (TPSA) is 90.9 Å². The van der Waals surface area contributed by atoms with E-state index in [0.29, 0.717) is 58.6 Å². The summed E-state index contributed by atoms with van der Waals surface area (Å²) in [5.74, 6) is -0.629. The molecular formula is C23H24N4O3. The second-order valence-corrected chi connectivity index (χ2v) is 7.86. The van der Waals surface area contributed by atoms with Crippen LogP contribution in [0.3, 0.4) is 0 Å². The number of fused-ring (bicyclic) bond motifs is 2. The molecule has 2 heterocycles. The first-order valence-electron chi connectivity index (χ1n) is 9.97. The molecule has 2 aliphatic heterocycles. The third-order valence-corrected chi connectivity index (χ3v) is 5.51. The van der Waals surface area contributed by atoms with Gasteiger partial charge in [-0.05, 0) is 76.0 Å². The van der Waals surface area contributed by atoms with E-state index in [1.54, 1.807) is 24.4 Å². The molecule has 0 bridgehead atoms. The summed E-state index contributed by atoms with van der Waals surface area (Å²) in [6, 6.07) is 0. The smallest absolute Gasteiger partial charge is 0.252 e. The number of allylic oxidation sites excluding steroid dienone is 8. The van der Waals surface area contributed by atoms with Gasteiger partial charge in [-0.3, -0.25) is 19.4 Å². The van der Waals surface area contributed by atoms with E-state index in [-0.39, 0.29) is 17.5 Å². The van der Waals surface area contributed by atoms with Crippen LogP contribution in [0.25, 0.3) is 0 Å². The van der Waals surface area contributed by atoms with E-state index in [1.807, 2.05) is 26.0 Å². The number of rotatable bonds is 7. The number of nitrogens with zero attached hydrogens (tertiary/aromatic N) is 2. The summed E-state index contributed by atoms with van der Waals surface area (Å²) in [6.07, 6.45) is 9.62. The van der Waals surface area contributed by atoms with Crippen LogP contribution in [0.15, 0.2) is 74.1 Å². The molecule has 30 heavy (non-hydrogen) atoms. The zero-order valence-corrected chi connectivity index (χ0v) is 17.3. The molecular weight excluding hydrogens is 380 g/mol. The number of carbonyl (C=O) groups is 3. The van der Waals surface area contributed by atoms with E-state index in [2.05, 4.69) is 15.6 Å². The summed E-state index contributed by atoms with van der Waals surface area (Å²) < 4.78 is 0. The third kappa shape index (κ3) is 3.46. The molecule has 4 rings (SSSR count). The van der Waals surface area contributed by atoms with Gasteiger partial charge in [-0.2, -0.15) is 0 Å². The summed E-state index contributed by atoms with van der Waals surface area (Å²) in [5.41, 5.74) is 4.50. The fourth-order valence-corrected chi connectivity index (χ4v) is 3.94. The molecule has 0 atom stereocenters. The Balaban J connectivity index is 1.65. The average molecular weight is 404 g/mol. The Morgan fingerprint density at radius 2 is 1.87 bits per heavy atom.